The molecule has 0 aliphatic rings. The molecule has 0 saturated heterocycles. The molecule has 0 aliphatic carbocycles. The number of nitrogens with one attached hydrogen (secondary N) is 1. The molecule has 0 radical (unpaired) electrons. The summed E-state index contributed by atoms with van der Waals surface area (Å²) in [6, 6.07) is 6.26. The molecule has 0 amide bonds. The average Bonchev–Trinajstić information content (AvgIpc) is 2.82. The summed E-state index contributed by atoms with van der Waals surface area (Å²) in [5.74, 6) is 1.56. The molecule has 5 heteroatoms. The number of hydrogen-bond donors (Lipinski definition) is 1. The van der Waals surface area contributed by atoms with Crippen LogP contribution in [-0.4, -0.2) is 26.8 Å². The minimum atomic E-state index is 0.157. The molecule has 0 saturated carbocycles. The third-order valence-electron chi connectivity index (χ3n) is 3.24. The Hall–Kier alpha value is -1.75. The molecular weight excluding hydrogens is 250 g/mol. The molecule has 1 atom stereocenters. The topological polar surface area (TPSA) is 55.6 Å². The van der Waals surface area contributed by atoms with Crippen molar-refractivity contribution in [3.8, 4) is 0 Å². The van der Waals surface area contributed by atoms with E-state index in [2.05, 4.69) is 40.3 Å². The van der Waals surface area contributed by atoms with Crippen LogP contribution in [0.5, 0.6) is 0 Å². The van der Waals surface area contributed by atoms with Crippen molar-refractivity contribution in [2.45, 2.75) is 39.8 Å². The number of nitrogens with zero attached hydrogens (tertiary/aromatic N) is 4. The van der Waals surface area contributed by atoms with Crippen LogP contribution in [0.2, 0.25) is 0 Å². The Bertz CT molecular complexity index is 547. The van der Waals surface area contributed by atoms with E-state index in [-0.39, 0.29) is 6.04 Å². The number of aromatic nitrogens is 4. The van der Waals surface area contributed by atoms with Gasteiger partial charge in [-0.2, -0.15) is 5.10 Å². The fourth-order valence-electron chi connectivity index (χ4n) is 2.24. The van der Waals surface area contributed by atoms with E-state index in [1.165, 1.54) is 0 Å². The predicted octanol–water partition coefficient (Wildman–Crippen LogP) is 2.14. The molecule has 108 valence electrons. The van der Waals surface area contributed by atoms with Gasteiger partial charge in [-0.1, -0.05) is 19.9 Å². The van der Waals surface area contributed by atoms with Crippen molar-refractivity contribution in [3.05, 3.63) is 41.7 Å². The molecule has 1 unspecified atom stereocenters. The Kier molecular flexibility index (Phi) is 4.84. The van der Waals surface area contributed by atoms with Gasteiger partial charge in [-0.3, -0.25) is 4.98 Å². The summed E-state index contributed by atoms with van der Waals surface area (Å²) in [6.45, 7) is 7.27. The van der Waals surface area contributed by atoms with Crippen LogP contribution in [0.25, 0.3) is 0 Å². The number of rotatable bonds is 6. The fourth-order valence-corrected chi connectivity index (χ4v) is 2.24. The zero-order valence-corrected chi connectivity index (χ0v) is 12.7. The Labute approximate surface area is 120 Å². The Morgan fingerprint density at radius 1 is 1.30 bits per heavy atom. The van der Waals surface area contributed by atoms with Gasteiger partial charge in [0.1, 0.15) is 12.2 Å². The van der Waals surface area contributed by atoms with Crippen molar-refractivity contribution in [3.63, 3.8) is 0 Å². The zero-order chi connectivity index (χ0) is 14.5. The number of pyridine rings is 1. The molecule has 2 aromatic heterocycles. The zero-order valence-electron chi connectivity index (χ0n) is 12.7. The van der Waals surface area contributed by atoms with Gasteiger partial charge in [-0.15, -0.1) is 0 Å². The molecular formula is C15H23N5. The molecule has 2 rings (SSSR count). The van der Waals surface area contributed by atoms with Crippen LogP contribution in [0.15, 0.2) is 24.5 Å². The predicted molar refractivity (Wildman–Crippen MR) is 79.3 cm³/mol. The van der Waals surface area contributed by atoms with E-state index in [9.17, 15) is 0 Å². The molecule has 0 bridgehead atoms. The van der Waals surface area contributed by atoms with Crippen molar-refractivity contribution >= 4 is 0 Å². The molecule has 0 aliphatic heterocycles. The second-order valence-electron chi connectivity index (χ2n) is 5.50. The lowest BCUT2D eigenvalue weighted by atomic mass is 10.1. The normalized spacial score (nSPS) is 12.8. The highest BCUT2D eigenvalue weighted by molar-refractivity contribution is 5.14. The smallest absolute Gasteiger partial charge is 0.138 e. The molecule has 20 heavy (non-hydrogen) atoms. The maximum absolute atomic E-state index is 4.60. The average molecular weight is 273 g/mol. The lowest BCUT2D eigenvalue weighted by molar-refractivity contribution is 0.449. The summed E-state index contributed by atoms with van der Waals surface area (Å²) < 4.78 is 1.99. The molecule has 0 aromatic carbocycles. The van der Waals surface area contributed by atoms with Crippen molar-refractivity contribution in [2.75, 3.05) is 7.05 Å². The first-order chi connectivity index (χ1) is 9.60. The summed E-state index contributed by atoms with van der Waals surface area (Å²) in [5, 5.41) is 7.63. The van der Waals surface area contributed by atoms with E-state index in [0.717, 1.165) is 30.2 Å². The number of hydrogen-bond acceptors (Lipinski definition) is 4. The maximum Gasteiger partial charge on any atom is 0.138 e. The summed E-state index contributed by atoms with van der Waals surface area (Å²) in [4.78, 5) is 8.98. The van der Waals surface area contributed by atoms with E-state index in [4.69, 9.17) is 0 Å². The molecule has 2 heterocycles. The Balaban J connectivity index is 2.16. The number of likely N-dealkylation sites (N-methyl/N-ethyl adjacent to an activating group) is 1. The monoisotopic (exact) mass is 273 g/mol. The third kappa shape index (κ3) is 3.63. The maximum atomic E-state index is 4.60. The lowest BCUT2D eigenvalue weighted by Crippen LogP contribution is -2.23. The fraction of sp³-hybridized carbons (Fsp3) is 0.533. The van der Waals surface area contributed by atoms with Crippen LogP contribution in [0.1, 0.15) is 37.1 Å². The van der Waals surface area contributed by atoms with Crippen molar-refractivity contribution in [1.82, 2.24) is 25.1 Å². The van der Waals surface area contributed by atoms with Gasteiger partial charge in [-0.05, 0) is 32.0 Å². The van der Waals surface area contributed by atoms with Gasteiger partial charge < -0.3 is 5.32 Å². The first-order valence-corrected chi connectivity index (χ1v) is 7.07. The van der Waals surface area contributed by atoms with Gasteiger partial charge in [0.2, 0.25) is 0 Å². The standard InChI is InChI=1S/C15H23N5/c1-11(2)9-20-15(17-10-18-20)8-14(16-4)13-7-5-6-12(3)19-13/h5-7,10-11,14,16H,8-9H2,1-4H3. The molecule has 0 fully saturated rings. The Morgan fingerprint density at radius 3 is 2.75 bits per heavy atom. The Morgan fingerprint density at radius 2 is 2.10 bits per heavy atom. The van der Waals surface area contributed by atoms with Crippen molar-refractivity contribution in [2.24, 2.45) is 5.92 Å². The van der Waals surface area contributed by atoms with E-state index in [1.54, 1.807) is 6.33 Å². The minimum absolute atomic E-state index is 0.157. The van der Waals surface area contributed by atoms with Crippen LogP contribution >= 0.6 is 0 Å². The summed E-state index contributed by atoms with van der Waals surface area (Å²) in [7, 11) is 1.96. The van der Waals surface area contributed by atoms with E-state index < -0.39 is 0 Å². The van der Waals surface area contributed by atoms with Gasteiger partial charge >= 0.3 is 0 Å². The lowest BCUT2D eigenvalue weighted by Gasteiger charge is -2.16. The van der Waals surface area contributed by atoms with Gasteiger partial charge in [0.25, 0.3) is 0 Å². The van der Waals surface area contributed by atoms with Crippen LogP contribution in [0.3, 0.4) is 0 Å². The van der Waals surface area contributed by atoms with Crippen LogP contribution in [0.4, 0.5) is 0 Å². The second-order valence-corrected chi connectivity index (χ2v) is 5.50. The van der Waals surface area contributed by atoms with Gasteiger partial charge in [0.05, 0.1) is 11.7 Å². The molecule has 2 aromatic rings. The van der Waals surface area contributed by atoms with Crippen LogP contribution in [-0.2, 0) is 13.0 Å². The first kappa shape index (κ1) is 14.7. The second kappa shape index (κ2) is 6.61. The largest absolute Gasteiger partial charge is 0.311 e. The van der Waals surface area contributed by atoms with Gasteiger partial charge in [-0.25, -0.2) is 9.67 Å². The van der Waals surface area contributed by atoms with Crippen molar-refractivity contribution < 1.29 is 0 Å². The highest BCUT2D eigenvalue weighted by Gasteiger charge is 2.16. The molecule has 1 N–H and O–H groups in total. The summed E-state index contributed by atoms with van der Waals surface area (Å²) in [6.07, 6.45) is 2.42. The molecule has 0 spiro atoms. The SMILES string of the molecule is CNC(Cc1ncnn1CC(C)C)c1cccc(C)n1. The van der Waals surface area contributed by atoms with E-state index in [1.807, 2.05) is 30.8 Å². The van der Waals surface area contributed by atoms with E-state index in [0.29, 0.717) is 5.92 Å². The highest BCUT2D eigenvalue weighted by atomic mass is 15.3. The van der Waals surface area contributed by atoms with Crippen molar-refractivity contribution in [1.29, 1.82) is 0 Å². The molecule has 5 nitrogen and oxygen atoms in total. The third-order valence-corrected chi connectivity index (χ3v) is 3.24. The quantitative estimate of drug-likeness (QED) is 0.876. The van der Waals surface area contributed by atoms with Gasteiger partial charge in [0.15, 0.2) is 0 Å². The summed E-state index contributed by atoms with van der Waals surface area (Å²) >= 11 is 0. The number of aryl methyl sites for hydroxylation is 1. The first-order valence-electron chi connectivity index (χ1n) is 7.07. The van der Waals surface area contributed by atoms with E-state index >= 15 is 0 Å². The highest BCUT2D eigenvalue weighted by Crippen LogP contribution is 2.16. The van der Waals surface area contributed by atoms with Gasteiger partial charge in [0, 0.05) is 18.7 Å². The summed E-state index contributed by atoms with van der Waals surface area (Å²) in [5.41, 5.74) is 2.08. The minimum Gasteiger partial charge on any atom is -0.311 e. The van der Waals surface area contributed by atoms with Crippen LogP contribution in [0, 0.1) is 12.8 Å². The van der Waals surface area contributed by atoms with Crippen LogP contribution < -0.4 is 5.32 Å².